The molecule has 2 aliphatic rings. The number of pyridine rings is 1. The van der Waals surface area contributed by atoms with E-state index >= 15 is 0 Å². The molecule has 4 N–H and O–H groups in total. The number of aromatic nitrogens is 4. The number of hydrogen-bond acceptors (Lipinski definition) is 10. The van der Waals surface area contributed by atoms with Crippen LogP contribution < -0.4 is 26.1 Å². The van der Waals surface area contributed by atoms with Gasteiger partial charge >= 0.3 is 0 Å². The van der Waals surface area contributed by atoms with Crippen LogP contribution in [0.2, 0.25) is 0 Å². The molecule has 1 aromatic carbocycles. The molecule has 5 rings (SSSR count). The predicted octanol–water partition coefficient (Wildman–Crippen LogP) is 0.888. The fourth-order valence-corrected chi connectivity index (χ4v) is 4.63. The van der Waals surface area contributed by atoms with Gasteiger partial charge in [-0.2, -0.15) is 10.4 Å². The highest BCUT2D eigenvalue weighted by Gasteiger charge is 2.48. The second kappa shape index (κ2) is 9.21. The second-order valence-corrected chi connectivity index (χ2v) is 8.55. The number of fused-ring (bicyclic) bond motifs is 1. The predicted molar refractivity (Wildman–Crippen MR) is 128 cm³/mol. The van der Waals surface area contributed by atoms with Gasteiger partial charge in [0.05, 0.1) is 42.2 Å². The summed E-state index contributed by atoms with van der Waals surface area (Å²) in [5, 5.41) is 25.3. The molecule has 1 amide bonds. The van der Waals surface area contributed by atoms with Gasteiger partial charge in [-0.3, -0.25) is 19.8 Å². The number of nitrogens with one attached hydrogen (secondary N) is 4. The molecule has 12 heteroatoms. The minimum atomic E-state index is -0.340. The molecule has 4 atom stereocenters. The average molecular weight is 475 g/mol. The number of ether oxygens (including phenoxy) is 1. The number of carbonyl (C=O) groups is 1. The Balaban J connectivity index is 1.42. The maximum absolute atomic E-state index is 13.0. The molecule has 0 saturated carbocycles. The van der Waals surface area contributed by atoms with Crippen LogP contribution in [0.4, 0.5) is 11.5 Å². The summed E-state index contributed by atoms with van der Waals surface area (Å²) in [5.41, 5.74) is 5.20. The van der Waals surface area contributed by atoms with Crippen molar-refractivity contribution in [3.63, 3.8) is 0 Å². The number of nitrogens with zero attached hydrogens (tertiary/aromatic N) is 6. The van der Waals surface area contributed by atoms with Gasteiger partial charge in [0, 0.05) is 32.8 Å². The van der Waals surface area contributed by atoms with Crippen LogP contribution in [0.1, 0.15) is 12.0 Å². The third kappa shape index (κ3) is 4.34. The van der Waals surface area contributed by atoms with Crippen molar-refractivity contribution in [3.05, 3.63) is 48.4 Å². The summed E-state index contributed by atoms with van der Waals surface area (Å²) in [7, 11) is 5.14. The van der Waals surface area contributed by atoms with Crippen molar-refractivity contribution in [2.24, 2.45) is 13.0 Å². The number of piperidine rings is 1. The number of methoxy groups -OCH3 is 1. The molecular formula is C23H26N10O2. The fraction of sp³-hybridized carbons (Fsp3) is 0.348. The Morgan fingerprint density at radius 3 is 2.74 bits per heavy atom. The van der Waals surface area contributed by atoms with Crippen LogP contribution in [0.25, 0.3) is 11.4 Å². The highest BCUT2D eigenvalue weighted by atomic mass is 16.5. The van der Waals surface area contributed by atoms with E-state index in [2.05, 4.69) is 42.5 Å². The third-order valence-corrected chi connectivity index (χ3v) is 6.23. The number of hydrogen-bond donors (Lipinski definition) is 4. The van der Waals surface area contributed by atoms with Crippen LogP contribution >= 0.6 is 0 Å². The molecule has 0 aliphatic carbocycles. The van der Waals surface area contributed by atoms with E-state index in [4.69, 9.17) is 10.00 Å². The number of nitriles is 1. The topological polar surface area (TPSA) is 145 Å². The molecule has 2 aliphatic heterocycles. The van der Waals surface area contributed by atoms with Gasteiger partial charge in [-0.15, -0.1) is 0 Å². The van der Waals surface area contributed by atoms with Crippen LogP contribution in [0.15, 0.2) is 42.9 Å². The summed E-state index contributed by atoms with van der Waals surface area (Å²) in [6.07, 6.45) is 3.28. The lowest BCUT2D eigenvalue weighted by Crippen LogP contribution is -2.60. The lowest BCUT2D eigenvalue weighted by atomic mass is 9.88. The molecule has 3 aromatic rings. The average Bonchev–Trinajstić information content (AvgIpc) is 3.41. The molecule has 180 valence electrons. The summed E-state index contributed by atoms with van der Waals surface area (Å²) in [6, 6.07) is 11.1. The smallest absolute Gasteiger partial charge is 0.244 e. The van der Waals surface area contributed by atoms with Crippen LogP contribution in [-0.2, 0) is 11.8 Å². The zero-order chi connectivity index (χ0) is 24.5. The molecule has 4 heterocycles. The number of hydrazine groups is 1. The molecule has 12 nitrogen and oxygen atoms in total. The van der Waals surface area contributed by atoms with E-state index in [1.807, 2.05) is 25.2 Å². The Morgan fingerprint density at radius 1 is 1.20 bits per heavy atom. The van der Waals surface area contributed by atoms with Crippen molar-refractivity contribution in [1.82, 2.24) is 35.5 Å². The fourth-order valence-electron chi connectivity index (χ4n) is 4.63. The van der Waals surface area contributed by atoms with Crippen LogP contribution in [-0.4, -0.2) is 63.2 Å². The summed E-state index contributed by atoms with van der Waals surface area (Å²) >= 11 is 0. The molecule has 0 spiro atoms. The molecule has 35 heavy (non-hydrogen) atoms. The zero-order valence-electron chi connectivity index (χ0n) is 19.6. The number of amides is 1. The first kappa shape index (κ1) is 22.6. The normalized spacial score (nSPS) is 23.5. The molecule has 0 radical (unpaired) electrons. The maximum Gasteiger partial charge on any atom is 0.244 e. The highest BCUT2D eigenvalue weighted by molar-refractivity contribution is 5.83. The van der Waals surface area contributed by atoms with E-state index in [9.17, 15) is 4.79 Å². The van der Waals surface area contributed by atoms with E-state index in [0.29, 0.717) is 29.4 Å². The molecule has 4 unspecified atom stereocenters. The number of benzene rings is 1. The highest BCUT2D eigenvalue weighted by Crippen LogP contribution is 2.37. The van der Waals surface area contributed by atoms with Gasteiger partial charge in [0.1, 0.15) is 18.2 Å². The minimum absolute atomic E-state index is 0.00328. The molecule has 2 saturated heterocycles. The summed E-state index contributed by atoms with van der Waals surface area (Å²) < 4.78 is 7.39. The van der Waals surface area contributed by atoms with Crippen molar-refractivity contribution in [2.75, 3.05) is 24.8 Å². The largest absolute Gasteiger partial charge is 0.494 e. The minimum Gasteiger partial charge on any atom is -0.494 e. The van der Waals surface area contributed by atoms with Gasteiger partial charge in [-0.05, 0) is 24.3 Å². The monoisotopic (exact) mass is 474 g/mol. The Hall–Kier alpha value is -4.21. The second-order valence-electron chi connectivity index (χ2n) is 8.55. The lowest BCUT2D eigenvalue weighted by molar-refractivity contribution is -0.131. The lowest BCUT2D eigenvalue weighted by Gasteiger charge is -2.39. The van der Waals surface area contributed by atoms with Crippen LogP contribution in [0.3, 0.4) is 0 Å². The van der Waals surface area contributed by atoms with E-state index in [1.165, 1.54) is 11.2 Å². The van der Waals surface area contributed by atoms with Crippen molar-refractivity contribution in [1.29, 1.82) is 5.26 Å². The van der Waals surface area contributed by atoms with E-state index in [1.54, 1.807) is 37.3 Å². The standard InChI is InChI=1S/C23H26N10O2/c1-32-12-26-21(30-32)14-5-4-6-15(20(14)35-3)27-16-9-18(28-17-8-7-13(10-24)11-25-17)29-22-19(16)23(34)33(2)31-22/h4-8,11-12,16,18-19,22,27,29,31H,9H2,1-3H3,(H,25,28). The first-order valence-electron chi connectivity index (χ1n) is 11.2. The van der Waals surface area contributed by atoms with E-state index < -0.39 is 0 Å². The SMILES string of the molecule is COc1c(NC2CC(Nc3ccc(C#N)cn3)NC3NN(C)C(=O)C23)cccc1-c1ncn(C)n1. The van der Waals surface area contributed by atoms with Gasteiger partial charge in [-0.1, -0.05) is 6.07 Å². The number of anilines is 2. The van der Waals surface area contributed by atoms with Gasteiger partial charge in [0.15, 0.2) is 11.6 Å². The molecule has 2 aromatic heterocycles. The number of rotatable bonds is 6. The Labute approximate surface area is 202 Å². The van der Waals surface area contributed by atoms with Gasteiger partial charge in [0.2, 0.25) is 5.91 Å². The summed E-state index contributed by atoms with van der Waals surface area (Å²) in [6.45, 7) is 0. The van der Waals surface area contributed by atoms with Crippen molar-refractivity contribution < 1.29 is 9.53 Å². The third-order valence-electron chi connectivity index (χ3n) is 6.23. The molecular weight excluding hydrogens is 448 g/mol. The van der Waals surface area contributed by atoms with Crippen molar-refractivity contribution in [3.8, 4) is 23.2 Å². The van der Waals surface area contributed by atoms with Gasteiger partial charge in [0.25, 0.3) is 0 Å². The van der Waals surface area contributed by atoms with Crippen molar-refractivity contribution in [2.45, 2.75) is 24.8 Å². The van der Waals surface area contributed by atoms with Crippen molar-refractivity contribution >= 4 is 17.4 Å². The van der Waals surface area contributed by atoms with E-state index in [0.717, 1.165) is 11.3 Å². The number of carbonyl (C=O) groups excluding carboxylic acids is 1. The molecule has 0 bridgehead atoms. The van der Waals surface area contributed by atoms with Crippen LogP contribution in [0, 0.1) is 17.2 Å². The first-order chi connectivity index (χ1) is 17.0. The number of para-hydroxylation sites is 1. The van der Waals surface area contributed by atoms with Crippen LogP contribution in [0.5, 0.6) is 5.75 Å². The molecule has 2 fully saturated rings. The quantitative estimate of drug-likeness (QED) is 0.406. The van der Waals surface area contributed by atoms with Gasteiger partial charge < -0.3 is 15.4 Å². The zero-order valence-corrected chi connectivity index (χ0v) is 19.6. The summed E-state index contributed by atoms with van der Waals surface area (Å²) in [4.78, 5) is 21.7. The first-order valence-corrected chi connectivity index (χ1v) is 11.2. The summed E-state index contributed by atoms with van der Waals surface area (Å²) in [5.74, 6) is 1.46. The van der Waals surface area contributed by atoms with E-state index in [-0.39, 0.29) is 30.2 Å². The van der Waals surface area contributed by atoms with Gasteiger partial charge in [-0.25, -0.2) is 15.4 Å². The Bertz CT molecular complexity index is 1270. The maximum atomic E-state index is 13.0. The Morgan fingerprint density at radius 2 is 2.06 bits per heavy atom. The number of aryl methyl sites for hydroxylation is 1. The Kier molecular flexibility index (Phi) is 5.94.